The zero-order chi connectivity index (χ0) is 26.5. The Balaban J connectivity index is 1.90. The second-order valence-electron chi connectivity index (χ2n) is 9.83. The number of carbonyl (C=O) groups is 2. The molecule has 9 nitrogen and oxygen atoms in total. The first-order chi connectivity index (χ1) is 16.9. The first-order valence-corrected chi connectivity index (χ1v) is 14.3. The van der Waals surface area contributed by atoms with E-state index in [2.05, 4.69) is 11.4 Å². The maximum Gasteiger partial charge on any atom is 0.422 e. The molecule has 1 aromatic carbocycles. The minimum absolute atomic E-state index is 0.280. The van der Waals surface area contributed by atoms with Crippen molar-refractivity contribution >= 4 is 45.0 Å². The Morgan fingerprint density at radius 2 is 1.86 bits per heavy atom. The molecule has 0 aliphatic heterocycles. The summed E-state index contributed by atoms with van der Waals surface area (Å²) >= 11 is 1.36. The number of methoxy groups -OCH3 is 1. The van der Waals surface area contributed by atoms with Crippen LogP contribution >= 0.6 is 11.3 Å². The van der Waals surface area contributed by atoms with Gasteiger partial charge in [-0.05, 0) is 63.8 Å². The zero-order valence-corrected chi connectivity index (χ0v) is 23.1. The molecule has 1 aliphatic carbocycles. The lowest BCUT2D eigenvalue weighted by Crippen LogP contribution is -2.47. The third kappa shape index (κ3) is 7.36. The molecule has 0 atom stereocenters. The van der Waals surface area contributed by atoms with Crippen LogP contribution < -0.4 is 14.3 Å². The SMILES string of the molecule is COC(=O)CN(c1csc(-c2cccc(NC3CCCCC3)c2)c1C)S(=O)(=O)NC(=O)OC(C)(C)C. The van der Waals surface area contributed by atoms with Gasteiger partial charge >= 0.3 is 22.3 Å². The van der Waals surface area contributed by atoms with E-state index in [-0.39, 0.29) is 5.69 Å². The molecule has 1 aromatic heterocycles. The van der Waals surface area contributed by atoms with Crippen LogP contribution in [-0.4, -0.2) is 45.8 Å². The number of benzene rings is 1. The number of anilines is 2. The van der Waals surface area contributed by atoms with Gasteiger partial charge in [0, 0.05) is 22.0 Å². The number of rotatable bonds is 8. The van der Waals surface area contributed by atoms with E-state index in [1.165, 1.54) is 37.7 Å². The summed E-state index contributed by atoms with van der Waals surface area (Å²) < 4.78 is 38.8. The number of esters is 1. The van der Waals surface area contributed by atoms with E-state index in [0.717, 1.165) is 33.3 Å². The van der Waals surface area contributed by atoms with Gasteiger partial charge in [-0.3, -0.25) is 4.79 Å². The number of hydrogen-bond acceptors (Lipinski definition) is 8. The standard InChI is InChI=1S/C25H35N3O6S2/c1-17-21(28(15-22(29)33-5)36(31,32)27-24(30)34-25(2,3)4)16-35-23(17)18-10-9-13-20(14-18)26-19-11-7-6-8-12-19/h9-10,13-14,16,19,26H,6-8,11-12,15H2,1-5H3,(H,27,30). The van der Waals surface area contributed by atoms with E-state index in [9.17, 15) is 18.0 Å². The molecule has 1 aliphatic rings. The van der Waals surface area contributed by atoms with Crippen LogP contribution in [-0.2, 0) is 24.5 Å². The zero-order valence-electron chi connectivity index (χ0n) is 21.4. The van der Waals surface area contributed by atoms with Gasteiger partial charge in [0.15, 0.2) is 0 Å². The van der Waals surface area contributed by atoms with Gasteiger partial charge in [0.2, 0.25) is 0 Å². The third-order valence-electron chi connectivity index (χ3n) is 5.78. The van der Waals surface area contributed by atoms with Crippen LogP contribution in [0, 0.1) is 6.92 Å². The van der Waals surface area contributed by atoms with Crippen molar-refractivity contribution in [2.45, 2.75) is 71.4 Å². The van der Waals surface area contributed by atoms with Crippen molar-refractivity contribution in [2.24, 2.45) is 0 Å². The topological polar surface area (TPSA) is 114 Å². The normalized spacial score (nSPS) is 14.7. The van der Waals surface area contributed by atoms with E-state index < -0.39 is 34.4 Å². The molecule has 0 unspecified atom stereocenters. The molecule has 0 bridgehead atoms. The number of amides is 1. The number of ether oxygens (including phenoxy) is 2. The summed E-state index contributed by atoms with van der Waals surface area (Å²) in [6.45, 7) is 6.05. The second-order valence-corrected chi connectivity index (χ2v) is 12.3. The number of nitrogens with zero attached hydrogens (tertiary/aromatic N) is 1. The maximum absolute atomic E-state index is 13.2. The molecular weight excluding hydrogens is 502 g/mol. The first kappa shape index (κ1) is 27.8. The number of thiophene rings is 1. The maximum atomic E-state index is 13.2. The van der Waals surface area contributed by atoms with E-state index in [0.29, 0.717) is 11.6 Å². The lowest BCUT2D eigenvalue weighted by atomic mass is 9.95. The minimum Gasteiger partial charge on any atom is -0.468 e. The molecule has 0 spiro atoms. The van der Waals surface area contributed by atoms with Crippen molar-refractivity contribution in [3.63, 3.8) is 0 Å². The fourth-order valence-corrected chi connectivity index (χ4v) is 6.34. The summed E-state index contributed by atoms with van der Waals surface area (Å²) in [6, 6.07) is 8.46. The summed E-state index contributed by atoms with van der Waals surface area (Å²) in [6.07, 6.45) is 4.91. The molecule has 0 saturated heterocycles. The van der Waals surface area contributed by atoms with Gasteiger partial charge in [0.25, 0.3) is 0 Å². The lowest BCUT2D eigenvalue weighted by molar-refractivity contribution is -0.138. The van der Waals surface area contributed by atoms with Crippen LogP contribution in [0.3, 0.4) is 0 Å². The largest absolute Gasteiger partial charge is 0.468 e. The Morgan fingerprint density at radius 1 is 1.17 bits per heavy atom. The average molecular weight is 538 g/mol. The van der Waals surface area contributed by atoms with Crippen LogP contribution in [0.25, 0.3) is 10.4 Å². The molecule has 2 N–H and O–H groups in total. The second kappa shape index (κ2) is 11.5. The van der Waals surface area contributed by atoms with Gasteiger partial charge in [-0.1, -0.05) is 31.4 Å². The van der Waals surface area contributed by atoms with Gasteiger partial charge in [0.1, 0.15) is 12.1 Å². The van der Waals surface area contributed by atoms with Crippen LogP contribution in [0.15, 0.2) is 29.6 Å². The summed E-state index contributed by atoms with van der Waals surface area (Å²) in [7, 11) is -3.30. The lowest BCUT2D eigenvalue weighted by Gasteiger charge is -2.25. The predicted molar refractivity (Wildman–Crippen MR) is 143 cm³/mol. The highest BCUT2D eigenvalue weighted by Crippen LogP contribution is 2.39. The summed E-state index contributed by atoms with van der Waals surface area (Å²) in [5.41, 5.74) is 1.99. The van der Waals surface area contributed by atoms with Crippen molar-refractivity contribution < 1.29 is 27.5 Å². The Kier molecular flexibility index (Phi) is 8.89. The van der Waals surface area contributed by atoms with Crippen LogP contribution in [0.4, 0.5) is 16.2 Å². The molecular formula is C25H35N3O6S2. The Labute approximate surface area is 217 Å². The van der Waals surface area contributed by atoms with Gasteiger partial charge in [0.05, 0.1) is 12.8 Å². The third-order valence-corrected chi connectivity index (χ3v) is 8.23. The molecule has 36 heavy (non-hydrogen) atoms. The average Bonchev–Trinajstić information content (AvgIpc) is 3.17. The van der Waals surface area contributed by atoms with Crippen molar-refractivity contribution in [3.05, 3.63) is 35.2 Å². The Bertz CT molecular complexity index is 1180. The van der Waals surface area contributed by atoms with Crippen LogP contribution in [0.1, 0.15) is 58.4 Å². The highest BCUT2D eigenvalue weighted by atomic mass is 32.2. The number of carbonyl (C=O) groups excluding carboxylic acids is 2. The van der Waals surface area contributed by atoms with Crippen LogP contribution in [0.2, 0.25) is 0 Å². The first-order valence-electron chi connectivity index (χ1n) is 11.9. The molecule has 198 valence electrons. The molecule has 1 heterocycles. The molecule has 3 rings (SSSR count). The van der Waals surface area contributed by atoms with Gasteiger partial charge in [-0.2, -0.15) is 8.42 Å². The van der Waals surface area contributed by atoms with Crippen molar-refractivity contribution in [1.29, 1.82) is 0 Å². The number of nitrogens with one attached hydrogen (secondary N) is 2. The highest BCUT2D eigenvalue weighted by molar-refractivity contribution is 7.91. The van der Waals surface area contributed by atoms with E-state index in [1.54, 1.807) is 33.1 Å². The van der Waals surface area contributed by atoms with Crippen LogP contribution in [0.5, 0.6) is 0 Å². The highest BCUT2D eigenvalue weighted by Gasteiger charge is 2.32. The van der Waals surface area contributed by atoms with Gasteiger partial charge in [-0.15, -0.1) is 11.3 Å². The summed E-state index contributed by atoms with van der Waals surface area (Å²) in [5, 5.41) is 5.27. The fraction of sp³-hybridized carbons (Fsp3) is 0.520. The molecule has 1 fully saturated rings. The molecule has 1 amide bonds. The molecule has 0 radical (unpaired) electrons. The Morgan fingerprint density at radius 3 is 2.50 bits per heavy atom. The fourth-order valence-electron chi connectivity index (χ4n) is 4.11. The van der Waals surface area contributed by atoms with Gasteiger partial charge < -0.3 is 14.8 Å². The minimum atomic E-state index is -4.47. The smallest absolute Gasteiger partial charge is 0.422 e. The number of hydrogen-bond donors (Lipinski definition) is 2. The summed E-state index contributed by atoms with van der Waals surface area (Å²) in [5.74, 6) is -0.768. The van der Waals surface area contributed by atoms with Crippen molar-refractivity contribution in [2.75, 3.05) is 23.3 Å². The predicted octanol–water partition coefficient (Wildman–Crippen LogP) is 5.22. The van der Waals surface area contributed by atoms with Crippen molar-refractivity contribution in [3.8, 4) is 10.4 Å². The quantitative estimate of drug-likeness (QED) is 0.444. The molecule has 1 saturated carbocycles. The monoisotopic (exact) mass is 537 g/mol. The van der Waals surface area contributed by atoms with E-state index in [1.807, 2.05) is 22.9 Å². The Hall–Kier alpha value is -2.79. The molecule has 2 aromatic rings. The summed E-state index contributed by atoms with van der Waals surface area (Å²) in [4.78, 5) is 25.2. The molecule has 11 heteroatoms. The van der Waals surface area contributed by atoms with E-state index in [4.69, 9.17) is 9.47 Å². The van der Waals surface area contributed by atoms with Gasteiger partial charge in [-0.25, -0.2) is 13.8 Å². The van der Waals surface area contributed by atoms with E-state index >= 15 is 0 Å². The van der Waals surface area contributed by atoms with Crippen molar-refractivity contribution in [1.82, 2.24) is 4.72 Å².